The Hall–Kier alpha value is -2.16. The van der Waals surface area contributed by atoms with Crippen LogP contribution in [0.25, 0.3) is 0 Å². The molecular formula is C22H27FN2. The minimum absolute atomic E-state index is 0.0800. The summed E-state index contributed by atoms with van der Waals surface area (Å²) in [6.07, 6.45) is 4.02. The number of nitrogens with zero attached hydrogens (tertiary/aromatic N) is 1. The molecule has 0 bridgehead atoms. The van der Waals surface area contributed by atoms with Gasteiger partial charge in [-0.3, -0.25) is 4.99 Å². The van der Waals surface area contributed by atoms with Crippen LogP contribution in [0.4, 0.5) is 10.1 Å². The summed E-state index contributed by atoms with van der Waals surface area (Å²) in [5.41, 5.74) is 7.13. The summed E-state index contributed by atoms with van der Waals surface area (Å²) in [6, 6.07) is 8.53. The number of rotatable bonds is 4. The number of aliphatic imine (C=N–C) groups is 1. The summed E-state index contributed by atoms with van der Waals surface area (Å²) in [4.78, 5) is 4.71. The van der Waals surface area contributed by atoms with Gasteiger partial charge in [0, 0.05) is 11.3 Å². The van der Waals surface area contributed by atoms with Gasteiger partial charge in [-0.25, -0.2) is 4.39 Å². The first kappa shape index (κ1) is 17.7. The number of aryl methyl sites for hydroxylation is 1. The monoisotopic (exact) mass is 338 g/mol. The number of hydrogen-bond acceptors (Lipinski definition) is 2. The number of fused-ring (bicyclic) bond motifs is 1. The Morgan fingerprint density at radius 3 is 2.44 bits per heavy atom. The Bertz CT molecular complexity index is 819. The van der Waals surface area contributed by atoms with E-state index in [1.807, 2.05) is 26.8 Å². The van der Waals surface area contributed by atoms with E-state index in [0.717, 1.165) is 35.2 Å². The summed E-state index contributed by atoms with van der Waals surface area (Å²) < 4.78 is 14.2. The highest BCUT2D eigenvalue weighted by Crippen LogP contribution is 2.39. The van der Waals surface area contributed by atoms with Gasteiger partial charge in [-0.2, -0.15) is 0 Å². The van der Waals surface area contributed by atoms with Crippen LogP contribution in [0.2, 0.25) is 0 Å². The molecule has 0 aliphatic carbocycles. The maximum Gasteiger partial charge on any atom is 0.129 e. The first-order valence-corrected chi connectivity index (χ1v) is 9.16. The Morgan fingerprint density at radius 1 is 1.04 bits per heavy atom. The summed E-state index contributed by atoms with van der Waals surface area (Å²) >= 11 is 0. The van der Waals surface area contributed by atoms with Crippen LogP contribution in [0.5, 0.6) is 0 Å². The van der Waals surface area contributed by atoms with E-state index in [0.29, 0.717) is 11.5 Å². The number of hydrogen-bond donors (Lipinski definition) is 1. The van der Waals surface area contributed by atoms with Crippen LogP contribution >= 0.6 is 0 Å². The van der Waals surface area contributed by atoms with E-state index in [9.17, 15) is 4.39 Å². The molecule has 1 aliphatic rings. The van der Waals surface area contributed by atoms with Gasteiger partial charge in [-0.15, -0.1) is 0 Å². The molecule has 2 aromatic carbocycles. The van der Waals surface area contributed by atoms with Crippen molar-refractivity contribution in [3.8, 4) is 0 Å². The second kappa shape index (κ2) is 6.99. The lowest BCUT2D eigenvalue weighted by Gasteiger charge is -2.26. The van der Waals surface area contributed by atoms with E-state index in [1.165, 1.54) is 11.1 Å². The van der Waals surface area contributed by atoms with Crippen molar-refractivity contribution in [2.75, 3.05) is 5.32 Å². The fraction of sp³-hybridized carbons (Fsp3) is 0.409. The third kappa shape index (κ3) is 3.08. The molecule has 1 aliphatic heterocycles. The van der Waals surface area contributed by atoms with Crippen LogP contribution in [-0.4, -0.2) is 6.34 Å². The van der Waals surface area contributed by atoms with Gasteiger partial charge in [0.25, 0.3) is 0 Å². The zero-order valence-corrected chi connectivity index (χ0v) is 15.8. The van der Waals surface area contributed by atoms with Crippen molar-refractivity contribution in [2.45, 2.75) is 59.4 Å². The van der Waals surface area contributed by atoms with Gasteiger partial charge in [-0.05, 0) is 73.4 Å². The molecule has 0 spiro atoms. The fourth-order valence-electron chi connectivity index (χ4n) is 3.83. The standard InChI is InChI=1S/C22H27FN2/c1-6-16(7-2)17-8-9-20-19(11-17)22(25-12-24-20)18-10-13(3)21(23)15(5)14(18)4/h8-12,16,22H,6-7H2,1-5H3,(H,24,25). The maximum atomic E-state index is 14.2. The molecule has 0 aromatic heterocycles. The molecular weight excluding hydrogens is 311 g/mol. The summed E-state index contributed by atoms with van der Waals surface area (Å²) in [7, 11) is 0. The lowest BCUT2D eigenvalue weighted by molar-refractivity contribution is 0.605. The minimum atomic E-state index is -0.106. The zero-order valence-electron chi connectivity index (χ0n) is 15.8. The van der Waals surface area contributed by atoms with Crippen LogP contribution < -0.4 is 5.32 Å². The normalized spacial score (nSPS) is 16.0. The molecule has 25 heavy (non-hydrogen) atoms. The number of anilines is 1. The van der Waals surface area contributed by atoms with Crippen molar-refractivity contribution in [1.82, 2.24) is 0 Å². The number of halogens is 1. The Kier molecular flexibility index (Phi) is 4.94. The predicted octanol–water partition coefficient (Wildman–Crippen LogP) is 6.20. The van der Waals surface area contributed by atoms with E-state index in [4.69, 9.17) is 4.99 Å². The van der Waals surface area contributed by atoms with E-state index >= 15 is 0 Å². The van der Waals surface area contributed by atoms with Crippen molar-refractivity contribution in [3.63, 3.8) is 0 Å². The van der Waals surface area contributed by atoms with Crippen LogP contribution in [0.3, 0.4) is 0 Å². The van der Waals surface area contributed by atoms with Gasteiger partial charge in [0.2, 0.25) is 0 Å². The van der Waals surface area contributed by atoms with Crippen LogP contribution in [0, 0.1) is 26.6 Å². The van der Waals surface area contributed by atoms with Crippen molar-refractivity contribution in [2.24, 2.45) is 4.99 Å². The zero-order chi connectivity index (χ0) is 18.1. The van der Waals surface area contributed by atoms with Crippen LogP contribution in [0.15, 0.2) is 29.3 Å². The second-order valence-electron chi connectivity index (χ2n) is 7.03. The molecule has 0 radical (unpaired) electrons. The highest BCUT2D eigenvalue weighted by Gasteiger charge is 2.24. The third-order valence-corrected chi connectivity index (χ3v) is 5.61. The molecule has 3 rings (SSSR count). The molecule has 0 saturated heterocycles. The minimum Gasteiger partial charge on any atom is -0.346 e. The summed E-state index contributed by atoms with van der Waals surface area (Å²) in [6.45, 7) is 10.1. The van der Waals surface area contributed by atoms with Crippen molar-refractivity contribution in [1.29, 1.82) is 0 Å². The molecule has 2 nitrogen and oxygen atoms in total. The molecule has 3 heteroatoms. The first-order valence-electron chi connectivity index (χ1n) is 9.16. The van der Waals surface area contributed by atoms with E-state index in [2.05, 4.69) is 37.4 Å². The lowest BCUT2D eigenvalue weighted by Crippen LogP contribution is -2.14. The van der Waals surface area contributed by atoms with Crippen molar-refractivity contribution >= 4 is 12.0 Å². The highest BCUT2D eigenvalue weighted by molar-refractivity contribution is 5.81. The molecule has 1 N–H and O–H groups in total. The average Bonchev–Trinajstić information content (AvgIpc) is 2.63. The molecule has 0 amide bonds. The largest absolute Gasteiger partial charge is 0.346 e. The molecule has 132 valence electrons. The molecule has 1 heterocycles. The molecule has 0 saturated carbocycles. The summed E-state index contributed by atoms with van der Waals surface area (Å²) in [5, 5.41) is 3.26. The number of benzene rings is 2. The highest BCUT2D eigenvalue weighted by atomic mass is 19.1. The number of nitrogens with one attached hydrogen (secondary N) is 1. The smallest absolute Gasteiger partial charge is 0.129 e. The van der Waals surface area contributed by atoms with Gasteiger partial charge in [-0.1, -0.05) is 32.0 Å². The Labute approximate surface area is 150 Å². The van der Waals surface area contributed by atoms with E-state index in [-0.39, 0.29) is 11.9 Å². The molecule has 1 atom stereocenters. The average molecular weight is 338 g/mol. The van der Waals surface area contributed by atoms with E-state index < -0.39 is 0 Å². The second-order valence-corrected chi connectivity index (χ2v) is 7.03. The van der Waals surface area contributed by atoms with E-state index in [1.54, 1.807) is 6.34 Å². The van der Waals surface area contributed by atoms with Gasteiger partial charge in [0.1, 0.15) is 11.9 Å². The Balaban J connectivity index is 2.13. The van der Waals surface area contributed by atoms with Crippen LogP contribution in [0.1, 0.15) is 72.0 Å². The SMILES string of the molecule is CCC(CC)c1ccc2c(c1)C(c1cc(C)c(F)c(C)c1C)N=CN2. The third-order valence-electron chi connectivity index (χ3n) is 5.61. The van der Waals surface area contributed by atoms with Gasteiger partial charge < -0.3 is 5.32 Å². The lowest BCUT2D eigenvalue weighted by atomic mass is 9.86. The molecule has 0 fully saturated rings. The van der Waals surface area contributed by atoms with Gasteiger partial charge >= 0.3 is 0 Å². The fourth-order valence-corrected chi connectivity index (χ4v) is 3.83. The molecule has 1 unspecified atom stereocenters. The van der Waals surface area contributed by atoms with Crippen molar-refractivity contribution < 1.29 is 4.39 Å². The topological polar surface area (TPSA) is 24.4 Å². The van der Waals surface area contributed by atoms with Crippen LogP contribution in [-0.2, 0) is 0 Å². The summed E-state index contributed by atoms with van der Waals surface area (Å²) in [5.74, 6) is 0.458. The van der Waals surface area contributed by atoms with Gasteiger partial charge in [0.15, 0.2) is 0 Å². The quantitative estimate of drug-likeness (QED) is 0.705. The first-order chi connectivity index (χ1) is 12.0. The van der Waals surface area contributed by atoms with Crippen molar-refractivity contribution in [3.05, 3.63) is 63.5 Å². The predicted molar refractivity (Wildman–Crippen MR) is 104 cm³/mol. The Morgan fingerprint density at radius 2 is 1.76 bits per heavy atom. The molecule has 2 aromatic rings. The van der Waals surface area contributed by atoms with Gasteiger partial charge in [0.05, 0.1) is 6.34 Å². The maximum absolute atomic E-state index is 14.2.